The van der Waals surface area contributed by atoms with Crippen LogP contribution in [0.3, 0.4) is 0 Å². The number of likely N-dealkylation sites (N-methyl/N-ethyl adjacent to an activating group) is 1. The molecule has 2 aromatic heterocycles. The molecular formula is C17H15ClN4O2. The summed E-state index contributed by atoms with van der Waals surface area (Å²) in [5.74, 6) is 1.34. The highest BCUT2D eigenvalue weighted by molar-refractivity contribution is 6.30. The highest BCUT2D eigenvalue weighted by atomic mass is 35.5. The molecule has 0 spiro atoms. The van der Waals surface area contributed by atoms with E-state index in [-0.39, 0.29) is 5.91 Å². The fourth-order valence-electron chi connectivity index (χ4n) is 2.89. The zero-order chi connectivity index (χ0) is 16.7. The molecule has 0 saturated heterocycles. The SMILES string of the molecule is CN(Cc1nnc2ccccn12)C(=O)[C@H]1Cc2cc(Cl)ccc2O1. The third-order valence-corrected chi connectivity index (χ3v) is 4.35. The summed E-state index contributed by atoms with van der Waals surface area (Å²) in [5, 5.41) is 8.90. The lowest BCUT2D eigenvalue weighted by Gasteiger charge is -2.20. The first kappa shape index (κ1) is 15.0. The van der Waals surface area contributed by atoms with E-state index in [1.54, 1.807) is 24.1 Å². The number of ether oxygens (including phenoxy) is 1. The minimum Gasteiger partial charge on any atom is -0.480 e. The van der Waals surface area contributed by atoms with E-state index in [9.17, 15) is 4.79 Å². The molecule has 1 aliphatic heterocycles. The van der Waals surface area contributed by atoms with Gasteiger partial charge >= 0.3 is 0 Å². The number of rotatable bonds is 3. The third kappa shape index (κ3) is 2.59. The second-order valence-electron chi connectivity index (χ2n) is 5.80. The average Bonchev–Trinajstić information content (AvgIpc) is 3.18. The van der Waals surface area contributed by atoms with Gasteiger partial charge in [0.05, 0.1) is 6.54 Å². The smallest absolute Gasteiger partial charge is 0.264 e. The maximum atomic E-state index is 12.7. The van der Waals surface area contributed by atoms with Gasteiger partial charge in [-0.05, 0) is 35.9 Å². The first-order valence-electron chi connectivity index (χ1n) is 7.60. The van der Waals surface area contributed by atoms with Gasteiger partial charge in [-0.1, -0.05) is 17.7 Å². The van der Waals surface area contributed by atoms with E-state index >= 15 is 0 Å². The standard InChI is InChI=1S/C17H15ClN4O2/c1-21(10-16-20-19-15-4-2-3-7-22(15)16)17(23)14-9-11-8-12(18)5-6-13(11)24-14/h2-8,14H,9-10H2,1H3/t14-/m1/s1. The number of benzene rings is 1. The number of carbonyl (C=O) groups excluding carboxylic acids is 1. The van der Waals surface area contributed by atoms with Crippen molar-refractivity contribution in [3.05, 3.63) is 59.0 Å². The molecule has 24 heavy (non-hydrogen) atoms. The van der Waals surface area contributed by atoms with Gasteiger partial charge in [0.2, 0.25) is 0 Å². The van der Waals surface area contributed by atoms with Crippen LogP contribution in [0.25, 0.3) is 5.65 Å². The Morgan fingerprint density at radius 2 is 2.25 bits per heavy atom. The monoisotopic (exact) mass is 342 g/mol. The molecule has 1 aliphatic rings. The maximum Gasteiger partial charge on any atom is 0.264 e. The van der Waals surface area contributed by atoms with Crippen LogP contribution in [0.2, 0.25) is 5.02 Å². The molecule has 1 atom stereocenters. The van der Waals surface area contributed by atoms with Crippen LogP contribution in [-0.2, 0) is 17.8 Å². The van der Waals surface area contributed by atoms with Gasteiger partial charge in [-0.15, -0.1) is 10.2 Å². The van der Waals surface area contributed by atoms with Crippen LogP contribution in [0.5, 0.6) is 5.75 Å². The molecule has 0 aliphatic carbocycles. The minimum absolute atomic E-state index is 0.0880. The Morgan fingerprint density at radius 1 is 1.38 bits per heavy atom. The van der Waals surface area contributed by atoms with Gasteiger partial charge in [0.25, 0.3) is 5.91 Å². The van der Waals surface area contributed by atoms with Crippen molar-refractivity contribution in [2.75, 3.05) is 7.05 Å². The molecule has 0 fully saturated rings. The molecule has 3 heterocycles. The summed E-state index contributed by atoms with van der Waals surface area (Å²) in [6.07, 6.45) is 1.88. The zero-order valence-corrected chi connectivity index (χ0v) is 13.8. The van der Waals surface area contributed by atoms with Crippen LogP contribution in [-0.4, -0.2) is 38.6 Å². The first-order valence-corrected chi connectivity index (χ1v) is 7.98. The van der Waals surface area contributed by atoms with Crippen LogP contribution < -0.4 is 4.74 Å². The van der Waals surface area contributed by atoms with Gasteiger partial charge in [-0.3, -0.25) is 9.20 Å². The summed E-state index contributed by atoms with van der Waals surface area (Å²) in [4.78, 5) is 14.3. The maximum absolute atomic E-state index is 12.7. The molecule has 1 aromatic carbocycles. The van der Waals surface area contributed by atoms with E-state index in [4.69, 9.17) is 16.3 Å². The van der Waals surface area contributed by atoms with E-state index in [1.165, 1.54) is 0 Å². The predicted molar refractivity (Wildman–Crippen MR) is 89.0 cm³/mol. The fourth-order valence-corrected chi connectivity index (χ4v) is 3.08. The van der Waals surface area contributed by atoms with Gasteiger partial charge in [-0.2, -0.15) is 0 Å². The third-order valence-electron chi connectivity index (χ3n) is 4.11. The molecule has 0 bridgehead atoms. The number of aromatic nitrogens is 3. The van der Waals surface area contributed by atoms with Gasteiger partial charge in [-0.25, -0.2) is 0 Å². The Kier molecular flexibility index (Phi) is 3.61. The van der Waals surface area contributed by atoms with E-state index < -0.39 is 6.10 Å². The van der Waals surface area contributed by atoms with Crippen LogP contribution in [0.15, 0.2) is 42.6 Å². The lowest BCUT2D eigenvalue weighted by molar-refractivity contribution is -0.137. The molecular weight excluding hydrogens is 328 g/mol. The Labute approximate surface area is 143 Å². The summed E-state index contributed by atoms with van der Waals surface area (Å²) in [7, 11) is 1.74. The largest absolute Gasteiger partial charge is 0.480 e. The molecule has 0 unspecified atom stereocenters. The zero-order valence-electron chi connectivity index (χ0n) is 13.0. The quantitative estimate of drug-likeness (QED) is 0.733. The Bertz CT molecular complexity index is 924. The van der Waals surface area contributed by atoms with Crippen molar-refractivity contribution < 1.29 is 9.53 Å². The predicted octanol–water partition coefficient (Wildman–Crippen LogP) is 2.34. The van der Waals surface area contributed by atoms with Crippen LogP contribution in [0.1, 0.15) is 11.4 Å². The summed E-state index contributed by atoms with van der Waals surface area (Å²) in [5.41, 5.74) is 1.72. The normalized spacial score (nSPS) is 16.0. The number of hydrogen-bond donors (Lipinski definition) is 0. The molecule has 4 rings (SSSR count). The molecule has 3 aromatic rings. The van der Waals surface area contributed by atoms with Crippen molar-refractivity contribution in [2.24, 2.45) is 0 Å². The fraction of sp³-hybridized carbons (Fsp3) is 0.235. The van der Waals surface area contributed by atoms with Crippen molar-refractivity contribution in [1.82, 2.24) is 19.5 Å². The number of amides is 1. The molecule has 0 N–H and O–H groups in total. The summed E-state index contributed by atoms with van der Waals surface area (Å²) >= 11 is 5.99. The van der Waals surface area contributed by atoms with Crippen molar-refractivity contribution in [3.8, 4) is 5.75 Å². The van der Waals surface area contributed by atoms with E-state index in [0.29, 0.717) is 23.8 Å². The van der Waals surface area contributed by atoms with Gasteiger partial charge in [0.1, 0.15) is 5.75 Å². The molecule has 1 amide bonds. The Balaban J connectivity index is 1.49. The van der Waals surface area contributed by atoms with Crippen molar-refractivity contribution in [2.45, 2.75) is 19.1 Å². The van der Waals surface area contributed by atoms with E-state index in [0.717, 1.165) is 17.0 Å². The van der Waals surface area contributed by atoms with E-state index in [1.807, 2.05) is 34.9 Å². The number of pyridine rings is 1. The Morgan fingerprint density at radius 3 is 3.12 bits per heavy atom. The molecule has 6 nitrogen and oxygen atoms in total. The van der Waals surface area contributed by atoms with Crippen molar-refractivity contribution in [1.29, 1.82) is 0 Å². The second-order valence-corrected chi connectivity index (χ2v) is 6.24. The molecule has 0 radical (unpaired) electrons. The number of carbonyl (C=O) groups is 1. The highest BCUT2D eigenvalue weighted by Crippen LogP contribution is 2.31. The van der Waals surface area contributed by atoms with Gasteiger partial charge < -0.3 is 9.64 Å². The number of nitrogens with zero attached hydrogens (tertiary/aromatic N) is 4. The first-order chi connectivity index (χ1) is 11.6. The lowest BCUT2D eigenvalue weighted by atomic mass is 10.1. The van der Waals surface area contributed by atoms with Crippen LogP contribution >= 0.6 is 11.6 Å². The number of hydrogen-bond acceptors (Lipinski definition) is 4. The minimum atomic E-state index is -0.525. The van der Waals surface area contributed by atoms with E-state index in [2.05, 4.69) is 10.2 Å². The Hall–Kier alpha value is -2.60. The number of halogens is 1. The lowest BCUT2D eigenvalue weighted by Crippen LogP contribution is -2.38. The van der Waals surface area contributed by atoms with Crippen molar-refractivity contribution in [3.63, 3.8) is 0 Å². The summed E-state index contributed by atoms with van der Waals surface area (Å²) < 4.78 is 7.63. The topological polar surface area (TPSA) is 59.7 Å². The number of fused-ring (bicyclic) bond motifs is 2. The summed E-state index contributed by atoms with van der Waals surface area (Å²) in [6, 6.07) is 11.1. The van der Waals surface area contributed by atoms with Crippen LogP contribution in [0, 0.1) is 0 Å². The molecule has 0 saturated carbocycles. The average molecular weight is 343 g/mol. The molecule has 122 valence electrons. The highest BCUT2D eigenvalue weighted by Gasteiger charge is 2.31. The van der Waals surface area contributed by atoms with Gasteiger partial charge in [0, 0.05) is 24.7 Å². The molecule has 7 heteroatoms. The summed E-state index contributed by atoms with van der Waals surface area (Å²) in [6.45, 7) is 0.362. The van der Waals surface area contributed by atoms with Gasteiger partial charge in [0.15, 0.2) is 17.6 Å². The second kappa shape index (κ2) is 5.79. The van der Waals surface area contributed by atoms with Crippen LogP contribution in [0.4, 0.5) is 0 Å². The van der Waals surface area contributed by atoms with Crippen molar-refractivity contribution >= 4 is 23.2 Å².